The average Bonchev–Trinajstić information content (AvgIpc) is 3.36. The van der Waals surface area contributed by atoms with E-state index in [-0.39, 0.29) is 11.7 Å². The Bertz CT molecular complexity index is 945. The number of thiocarbonyl (C=S) groups is 1. The number of piperazine rings is 1. The van der Waals surface area contributed by atoms with Gasteiger partial charge in [-0.2, -0.15) is 0 Å². The molecule has 0 unspecified atom stereocenters. The molecule has 0 amide bonds. The summed E-state index contributed by atoms with van der Waals surface area (Å²) in [6.45, 7) is 8.33. The molecule has 5 rings (SSSR count). The molecule has 2 heterocycles. The monoisotopic (exact) mass is 458 g/mol. The fourth-order valence-electron chi connectivity index (χ4n) is 5.27. The van der Waals surface area contributed by atoms with E-state index in [1.165, 1.54) is 16.7 Å². The summed E-state index contributed by atoms with van der Waals surface area (Å²) in [5.41, 5.74) is 3.84. The van der Waals surface area contributed by atoms with Gasteiger partial charge in [-0.25, -0.2) is 4.39 Å². The highest BCUT2D eigenvalue weighted by Gasteiger charge is 2.36. The van der Waals surface area contributed by atoms with E-state index in [2.05, 4.69) is 32.1 Å². The van der Waals surface area contributed by atoms with Gasteiger partial charge >= 0.3 is 0 Å². The Kier molecular flexibility index (Phi) is 6.15. The van der Waals surface area contributed by atoms with Crippen LogP contribution in [0.3, 0.4) is 0 Å². The summed E-state index contributed by atoms with van der Waals surface area (Å²) >= 11 is 11.7. The molecule has 3 aliphatic rings. The molecule has 0 aromatic heterocycles. The summed E-state index contributed by atoms with van der Waals surface area (Å²) in [6, 6.07) is 13.7. The zero-order chi connectivity index (χ0) is 21.4. The zero-order valence-electron chi connectivity index (χ0n) is 17.6. The van der Waals surface area contributed by atoms with Crippen LogP contribution in [0, 0.1) is 5.82 Å². The first-order valence-electron chi connectivity index (χ1n) is 11.1. The molecule has 0 spiro atoms. The Morgan fingerprint density at radius 2 is 1.74 bits per heavy atom. The van der Waals surface area contributed by atoms with Gasteiger partial charge in [-0.1, -0.05) is 29.8 Å². The smallest absolute Gasteiger partial charge is 0.169 e. The number of nitrogens with zero attached hydrogens (tertiary/aromatic N) is 3. The van der Waals surface area contributed by atoms with Crippen molar-refractivity contribution in [1.29, 1.82) is 0 Å². The lowest BCUT2D eigenvalue weighted by molar-refractivity contribution is 0.0921. The summed E-state index contributed by atoms with van der Waals surface area (Å²) in [6.07, 6.45) is 1.02. The van der Waals surface area contributed by atoms with Crippen LogP contribution >= 0.6 is 23.8 Å². The number of halogens is 2. The number of fused-ring (bicyclic) bond motifs is 1. The Labute approximate surface area is 194 Å². The Hall–Kier alpha value is -1.73. The fraction of sp³-hybridized carbons (Fsp3) is 0.458. The van der Waals surface area contributed by atoms with Crippen LogP contribution in [0.4, 0.5) is 4.39 Å². The minimum Gasteiger partial charge on any atom is -0.361 e. The van der Waals surface area contributed by atoms with Crippen LogP contribution < -0.4 is 5.32 Å². The lowest BCUT2D eigenvalue weighted by atomic mass is 9.93. The van der Waals surface area contributed by atoms with Crippen molar-refractivity contribution >= 4 is 28.9 Å². The van der Waals surface area contributed by atoms with E-state index < -0.39 is 0 Å². The first-order chi connectivity index (χ1) is 15.1. The van der Waals surface area contributed by atoms with Crippen molar-refractivity contribution in [2.45, 2.75) is 18.4 Å². The van der Waals surface area contributed by atoms with Gasteiger partial charge in [-0.05, 0) is 59.6 Å². The van der Waals surface area contributed by atoms with Gasteiger partial charge in [0.05, 0.1) is 0 Å². The average molecular weight is 459 g/mol. The van der Waals surface area contributed by atoms with Crippen molar-refractivity contribution in [3.8, 4) is 0 Å². The van der Waals surface area contributed by atoms with Gasteiger partial charge in [-0.15, -0.1) is 0 Å². The largest absolute Gasteiger partial charge is 0.361 e. The molecule has 0 bridgehead atoms. The number of hydrogen-bond donors (Lipinski definition) is 1. The molecular weight excluding hydrogens is 431 g/mol. The molecule has 2 saturated heterocycles. The summed E-state index contributed by atoms with van der Waals surface area (Å²) in [7, 11) is 0. The van der Waals surface area contributed by atoms with Crippen molar-refractivity contribution in [3.05, 3.63) is 70.0 Å². The van der Waals surface area contributed by atoms with E-state index >= 15 is 0 Å². The molecule has 4 nitrogen and oxygen atoms in total. The molecule has 164 valence electrons. The molecule has 2 aromatic rings. The molecule has 2 aliphatic heterocycles. The first kappa shape index (κ1) is 21.1. The number of benzene rings is 2. The van der Waals surface area contributed by atoms with E-state index in [1.807, 2.05) is 18.2 Å². The molecule has 7 heteroatoms. The van der Waals surface area contributed by atoms with Gasteiger partial charge < -0.3 is 10.2 Å². The van der Waals surface area contributed by atoms with Gasteiger partial charge in [0.25, 0.3) is 0 Å². The maximum atomic E-state index is 13.5. The topological polar surface area (TPSA) is 21.8 Å². The van der Waals surface area contributed by atoms with Crippen LogP contribution in [0.15, 0.2) is 42.5 Å². The maximum absolute atomic E-state index is 13.5. The lowest BCUT2D eigenvalue weighted by Crippen LogP contribution is -2.49. The molecule has 2 fully saturated rings. The van der Waals surface area contributed by atoms with Gasteiger partial charge in [0.2, 0.25) is 0 Å². The van der Waals surface area contributed by atoms with Crippen molar-refractivity contribution in [2.24, 2.45) is 0 Å². The number of rotatable bonds is 5. The summed E-state index contributed by atoms with van der Waals surface area (Å²) < 4.78 is 13.5. The lowest BCUT2D eigenvalue weighted by Gasteiger charge is -2.39. The Morgan fingerprint density at radius 1 is 0.968 bits per heavy atom. The number of hydrogen-bond acceptors (Lipinski definition) is 3. The Morgan fingerprint density at radius 3 is 2.45 bits per heavy atom. The van der Waals surface area contributed by atoms with Crippen LogP contribution in [-0.4, -0.2) is 72.2 Å². The molecular formula is C24H28ClFN4S. The van der Waals surface area contributed by atoms with E-state index in [0.29, 0.717) is 6.04 Å². The second kappa shape index (κ2) is 9.02. The molecule has 0 saturated carbocycles. The van der Waals surface area contributed by atoms with Gasteiger partial charge in [0, 0.05) is 69.3 Å². The SMILES string of the molecule is Fc1ccc([C@@H]2C[C@@H](N3CCN(CCN4CCNC4=S)CC3)c3ccc(Cl)cc32)cc1. The zero-order valence-corrected chi connectivity index (χ0v) is 19.1. The molecule has 0 radical (unpaired) electrons. The molecule has 1 aliphatic carbocycles. The van der Waals surface area contributed by atoms with Crippen LogP contribution in [0.5, 0.6) is 0 Å². The Balaban J connectivity index is 1.25. The first-order valence-corrected chi connectivity index (χ1v) is 11.9. The molecule has 2 aromatic carbocycles. The van der Waals surface area contributed by atoms with Crippen LogP contribution in [-0.2, 0) is 0 Å². The van der Waals surface area contributed by atoms with Crippen LogP contribution in [0.25, 0.3) is 0 Å². The van der Waals surface area contributed by atoms with Gasteiger partial charge in [-0.3, -0.25) is 9.80 Å². The minimum absolute atomic E-state index is 0.189. The highest BCUT2D eigenvalue weighted by atomic mass is 35.5. The minimum atomic E-state index is -0.189. The third-order valence-electron chi connectivity index (χ3n) is 6.99. The summed E-state index contributed by atoms with van der Waals surface area (Å²) in [5.74, 6) is 0.0761. The normalized spacial score (nSPS) is 24.5. The van der Waals surface area contributed by atoms with Crippen molar-refractivity contribution < 1.29 is 4.39 Å². The fourth-order valence-corrected chi connectivity index (χ4v) is 5.73. The standard InChI is InChI=1S/C24H28ClFN4S/c25-18-3-6-20-22(15-18)21(17-1-4-19(26)5-2-17)16-23(20)29-12-9-28(10-13-29)11-14-30-8-7-27-24(30)31/h1-6,15,21,23H,7-14,16H2,(H,27,31)/t21-,23+/m0/s1. The van der Waals surface area contributed by atoms with Crippen LogP contribution in [0.1, 0.15) is 35.1 Å². The molecule has 31 heavy (non-hydrogen) atoms. The van der Waals surface area contributed by atoms with E-state index in [1.54, 1.807) is 12.1 Å². The van der Waals surface area contributed by atoms with E-state index in [4.69, 9.17) is 23.8 Å². The number of nitrogens with one attached hydrogen (secondary N) is 1. The van der Waals surface area contributed by atoms with Crippen molar-refractivity contribution in [1.82, 2.24) is 20.0 Å². The third-order valence-corrected chi connectivity index (χ3v) is 7.63. The second-order valence-electron chi connectivity index (χ2n) is 8.73. The highest BCUT2D eigenvalue weighted by molar-refractivity contribution is 7.80. The second-order valence-corrected chi connectivity index (χ2v) is 9.55. The van der Waals surface area contributed by atoms with E-state index in [9.17, 15) is 4.39 Å². The summed E-state index contributed by atoms with van der Waals surface area (Å²) in [4.78, 5) is 7.44. The van der Waals surface area contributed by atoms with Crippen molar-refractivity contribution in [2.75, 3.05) is 52.4 Å². The molecule has 2 atom stereocenters. The van der Waals surface area contributed by atoms with Crippen molar-refractivity contribution in [3.63, 3.8) is 0 Å². The highest BCUT2D eigenvalue weighted by Crippen LogP contribution is 2.47. The predicted molar refractivity (Wildman–Crippen MR) is 127 cm³/mol. The quantitative estimate of drug-likeness (QED) is 0.685. The predicted octanol–water partition coefficient (Wildman–Crippen LogP) is 3.86. The third kappa shape index (κ3) is 4.44. The maximum Gasteiger partial charge on any atom is 0.169 e. The van der Waals surface area contributed by atoms with Gasteiger partial charge in [0.15, 0.2) is 5.11 Å². The van der Waals surface area contributed by atoms with Crippen LogP contribution in [0.2, 0.25) is 5.02 Å². The molecule has 1 N–H and O–H groups in total. The van der Waals surface area contributed by atoms with Gasteiger partial charge in [0.1, 0.15) is 5.82 Å². The summed E-state index contributed by atoms with van der Waals surface area (Å²) in [5, 5.41) is 4.90. The van der Waals surface area contributed by atoms with E-state index in [0.717, 1.165) is 68.9 Å².